The predicted octanol–water partition coefficient (Wildman–Crippen LogP) is 3.38. The fourth-order valence-corrected chi connectivity index (χ4v) is 2.79. The Morgan fingerprint density at radius 1 is 1.26 bits per heavy atom. The summed E-state index contributed by atoms with van der Waals surface area (Å²) >= 11 is 0. The minimum atomic E-state index is -1.46. The first-order chi connectivity index (χ1) is 12.5. The van der Waals surface area contributed by atoms with Gasteiger partial charge in [-0.05, 0) is 40.2 Å². The van der Waals surface area contributed by atoms with Crippen LogP contribution in [0.25, 0.3) is 0 Å². The summed E-state index contributed by atoms with van der Waals surface area (Å²) < 4.78 is 52.7. The highest BCUT2D eigenvalue weighted by molar-refractivity contribution is 5.90. The van der Waals surface area contributed by atoms with Crippen LogP contribution >= 0.6 is 0 Å². The molecule has 0 aromatic heterocycles. The smallest absolute Gasteiger partial charge is 0.407 e. The monoisotopic (exact) mass is 388 g/mol. The Morgan fingerprint density at radius 2 is 1.93 bits per heavy atom. The van der Waals surface area contributed by atoms with E-state index < -0.39 is 52.4 Å². The van der Waals surface area contributed by atoms with E-state index in [9.17, 15) is 22.8 Å². The number of halogens is 3. The van der Waals surface area contributed by atoms with Crippen LogP contribution in [0.15, 0.2) is 6.07 Å². The second-order valence-corrected chi connectivity index (χ2v) is 7.18. The molecule has 1 aliphatic heterocycles. The highest BCUT2D eigenvalue weighted by Gasteiger charge is 2.32. The normalized spacial score (nSPS) is 17.0. The second kappa shape index (κ2) is 8.06. The van der Waals surface area contributed by atoms with Crippen molar-refractivity contribution in [1.82, 2.24) is 5.32 Å². The van der Waals surface area contributed by atoms with E-state index in [1.54, 1.807) is 20.8 Å². The maximum Gasteiger partial charge on any atom is 0.407 e. The lowest BCUT2D eigenvalue weighted by atomic mass is 10.1. The molecule has 1 heterocycles. The van der Waals surface area contributed by atoms with Gasteiger partial charge in [0, 0.05) is 13.1 Å². The number of rotatable bonds is 4. The number of benzene rings is 1. The Morgan fingerprint density at radius 3 is 2.52 bits per heavy atom. The maximum absolute atomic E-state index is 14.4. The van der Waals surface area contributed by atoms with Gasteiger partial charge in [0.05, 0.1) is 12.6 Å². The number of nitrogens with one attached hydrogen (secondary N) is 1. The standard InChI is InChI=1S/C18H23F3N2O4/c1-5-26-16(24)11-8-12(19)15(14(21)13(11)20)23-7-6-10(9-23)22-17(25)27-18(2,3)4/h8,10H,5-7,9H2,1-4H3,(H,22,25). The molecule has 0 aliphatic carbocycles. The average molecular weight is 388 g/mol. The zero-order valence-electron chi connectivity index (χ0n) is 15.7. The van der Waals surface area contributed by atoms with Crippen LogP contribution in [0, 0.1) is 17.5 Å². The van der Waals surface area contributed by atoms with Crippen molar-refractivity contribution < 1.29 is 32.2 Å². The van der Waals surface area contributed by atoms with E-state index >= 15 is 0 Å². The lowest BCUT2D eigenvalue weighted by molar-refractivity contribution is 0.0502. The Bertz CT molecular complexity index is 734. The van der Waals surface area contributed by atoms with Crippen LogP contribution in [0.2, 0.25) is 0 Å². The minimum Gasteiger partial charge on any atom is -0.462 e. The van der Waals surface area contributed by atoms with Crippen LogP contribution in [0.1, 0.15) is 44.5 Å². The molecule has 1 saturated heterocycles. The van der Waals surface area contributed by atoms with Gasteiger partial charge >= 0.3 is 12.1 Å². The molecule has 1 atom stereocenters. The van der Waals surface area contributed by atoms with Crippen molar-refractivity contribution in [3.8, 4) is 0 Å². The van der Waals surface area contributed by atoms with E-state index in [1.165, 1.54) is 11.8 Å². The van der Waals surface area contributed by atoms with Gasteiger partial charge in [-0.3, -0.25) is 0 Å². The molecule has 6 nitrogen and oxygen atoms in total. The third-order valence-corrected chi connectivity index (χ3v) is 3.86. The van der Waals surface area contributed by atoms with Gasteiger partial charge in [-0.25, -0.2) is 22.8 Å². The van der Waals surface area contributed by atoms with Gasteiger partial charge < -0.3 is 19.7 Å². The van der Waals surface area contributed by atoms with Gasteiger partial charge in [0.2, 0.25) is 0 Å². The quantitative estimate of drug-likeness (QED) is 0.633. The Balaban J connectivity index is 2.14. The predicted molar refractivity (Wildman–Crippen MR) is 92.3 cm³/mol. The number of ether oxygens (including phenoxy) is 2. The first kappa shape index (κ1) is 20.9. The SMILES string of the molecule is CCOC(=O)c1cc(F)c(N2CCC(NC(=O)OC(C)(C)C)C2)c(F)c1F. The van der Waals surface area contributed by atoms with E-state index in [4.69, 9.17) is 4.74 Å². The molecular formula is C18H23F3N2O4. The van der Waals surface area contributed by atoms with Gasteiger partial charge in [0.1, 0.15) is 16.9 Å². The molecule has 1 amide bonds. The van der Waals surface area contributed by atoms with E-state index in [0.29, 0.717) is 12.5 Å². The van der Waals surface area contributed by atoms with E-state index in [2.05, 4.69) is 10.1 Å². The van der Waals surface area contributed by atoms with Crippen LogP contribution in [0.3, 0.4) is 0 Å². The Hall–Kier alpha value is -2.45. The van der Waals surface area contributed by atoms with Crippen LogP contribution in [0.5, 0.6) is 0 Å². The molecule has 1 fully saturated rings. The van der Waals surface area contributed by atoms with Crippen molar-refractivity contribution in [3.05, 3.63) is 29.1 Å². The molecule has 1 unspecified atom stereocenters. The fourth-order valence-electron chi connectivity index (χ4n) is 2.79. The summed E-state index contributed by atoms with van der Waals surface area (Å²) in [5, 5.41) is 2.62. The molecule has 1 aromatic rings. The number of hydrogen-bond acceptors (Lipinski definition) is 5. The molecule has 9 heteroatoms. The Labute approximate surface area is 155 Å². The molecule has 1 aliphatic rings. The molecular weight excluding hydrogens is 365 g/mol. The third-order valence-electron chi connectivity index (χ3n) is 3.86. The fraction of sp³-hybridized carbons (Fsp3) is 0.556. The van der Waals surface area contributed by atoms with Crippen LogP contribution in [-0.2, 0) is 9.47 Å². The van der Waals surface area contributed by atoms with Gasteiger partial charge in [0.25, 0.3) is 0 Å². The largest absolute Gasteiger partial charge is 0.462 e. The summed E-state index contributed by atoms with van der Waals surface area (Å²) in [6.07, 6.45) is -0.238. The van der Waals surface area contributed by atoms with Crippen molar-refractivity contribution in [3.63, 3.8) is 0 Å². The number of esters is 1. The summed E-state index contributed by atoms with van der Waals surface area (Å²) in [6.45, 7) is 6.87. The van der Waals surface area contributed by atoms with Gasteiger partial charge in [-0.15, -0.1) is 0 Å². The number of nitrogens with zero attached hydrogens (tertiary/aromatic N) is 1. The topological polar surface area (TPSA) is 67.9 Å². The van der Waals surface area contributed by atoms with E-state index in [0.717, 1.165) is 0 Å². The average Bonchev–Trinajstić information content (AvgIpc) is 2.97. The highest BCUT2D eigenvalue weighted by atomic mass is 19.2. The highest BCUT2D eigenvalue weighted by Crippen LogP contribution is 2.31. The summed E-state index contributed by atoms with van der Waals surface area (Å²) in [4.78, 5) is 24.7. The summed E-state index contributed by atoms with van der Waals surface area (Å²) in [5.74, 6) is -5.13. The van der Waals surface area contributed by atoms with Crippen molar-refractivity contribution in [2.75, 3.05) is 24.6 Å². The van der Waals surface area contributed by atoms with Crippen molar-refractivity contribution >= 4 is 17.7 Å². The molecule has 0 saturated carbocycles. The number of hydrogen-bond donors (Lipinski definition) is 1. The molecule has 1 N–H and O–H groups in total. The minimum absolute atomic E-state index is 0.0482. The van der Waals surface area contributed by atoms with Gasteiger partial charge in [-0.2, -0.15) is 0 Å². The summed E-state index contributed by atoms with van der Waals surface area (Å²) in [5.41, 5.74) is -2.04. The zero-order chi connectivity index (χ0) is 20.4. The van der Waals surface area contributed by atoms with Crippen molar-refractivity contribution in [2.45, 2.75) is 45.8 Å². The number of carbonyl (C=O) groups is 2. The summed E-state index contributed by atoms with van der Waals surface area (Å²) in [7, 11) is 0. The molecule has 2 rings (SSSR count). The molecule has 27 heavy (non-hydrogen) atoms. The third kappa shape index (κ3) is 5.05. The first-order valence-corrected chi connectivity index (χ1v) is 8.62. The second-order valence-electron chi connectivity index (χ2n) is 7.18. The number of amides is 1. The molecule has 0 spiro atoms. The van der Waals surface area contributed by atoms with Crippen LogP contribution < -0.4 is 10.2 Å². The van der Waals surface area contributed by atoms with Crippen LogP contribution in [-0.4, -0.2) is 43.4 Å². The molecule has 0 radical (unpaired) electrons. The zero-order valence-corrected chi connectivity index (χ0v) is 15.7. The number of alkyl carbamates (subject to hydrolysis) is 1. The van der Waals surface area contributed by atoms with E-state index in [1.807, 2.05) is 0 Å². The van der Waals surface area contributed by atoms with E-state index in [-0.39, 0.29) is 19.7 Å². The Kier molecular flexibility index (Phi) is 6.22. The van der Waals surface area contributed by atoms with Gasteiger partial charge in [0.15, 0.2) is 17.5 Å². The number of carbonyl (C=O) groups excluding carboxylic acids is 2. The van der Waals surface area contributed by atoms with Gasteiger partial charge in [-0.1, -0.05) is 0 Å². The lowest BCUT2D eigenvalue weighted by Gasteiger charge is -2.23. The number of anilines is 1. The molecule has 0 bridgehead atoms. The van der Waals surface area contributed by atoms with Crippen LogP contribution in [0.4, 0.5) is 23.7 Å². The van der Waals surface area contributed by atoms with Crippen molar-refractivity contribution in [2.24, 2.45) is 0 Å². The molecule has 1 aromatic carbocycles. The molecule has 150 valence electrons. The summed E-state index contributed by atoms with van der Waals surface area (Å²) in [6, 6.07) is 0.215. The lowest BCUT2D eigenvalue weighted by Crippen LogP contribution is -2.40. The van der Waals surface area contributed by atoms with Crippen molar-refractivity contribution in [1.29, 1.82) is 0 Å². The maximum atomic E-state index is 14.4. The first-order valence-electron chi connectivity index (χ1n) is 8.62.